The van der Waals surface area contributed by atoms with E-state index in [4.69, 9.17) is 5.11 Å². The standard InChI is InChI=1S/C14H12N2O2/c1-8-2-3-11-9(6-8)7-12(16-11)13-10(14(17)18)4-5-15-13/h2-7,15-16H,1H3,(H,17,18). The van der Waals surface area contributed by atoms with Gasteiger partial charge in [0.1, 0.15) is 0 Å². The van der Waals surface area contributed by atoms with Crippen molar-refractivity contribution in [1.29, 1.82) is 0 Å². The summed E-state index contributed by atoms with van der Waals surface area (Å²) in [5.41, 5.74) is 3.85. The van der Waals surface area contributed by atoms with Gasteiger partial charge in [-0.05, 0) is 31.2 Å². The number of rotatable bonds is 2. The Morgan fingerprint density at radius 1 is 1.22 bits per heavy atom. The van der Waals surface area contributed by atoms with E-state index in [2.05, 4.69) is 16.0 Å². The molecule has 18 heavy (non-hydrogen) atoms. The van der Waals surface area contributed by atoms with Crippen LogP contribution in [0, 0.1) is 6.92 Å². The van der Waals surface area contributed by atoms with Gasteiger partial charge >= 0.3 is 5.97 Å². The molecule has 0 spiro atoms. The zero-order valence-corrected chi connectivity index (χ0v) is 9.82. The van der Waals surface area contributed by atoms with E-state index in [9.17, 15) is 4.79 Å². The number of aromatic carboxylic acids is 1. The third kappa shape index (κ3) is 1.59. The average Bonchev–Trinajstić information content (AvgIpc) is 2.93. The molecule has 3 N–H and O–H groups in total. The first kappa shape index (κ1) is 10.7. The highest BCUT2D eigenvalue weighted by Crippen LogP contribution is 2.26. The normalized spacial score (nSPS) is 10.9. The molecule has 0 amide bonds. The third-order valence-corrected chi connectivity index (χ3v) is 3.02. The van der Waals surface area contributed by atoms with Crippen molar-refractivity contribution in [3.8, 4) is 11.4 Å². The van der Waals surface area contributed by atoms with Gasteiger partial charge in [-0.25, -0.2) is 4.79 Å². The van der Waals surface area contributed by atoms with Crippen LogP contribution in [-0.4, -0.2) is 21.0 Å². The number of carboxylic acids is 1. The van der Waals surface area contributed by atoms with E-state index in [0.717, 1.165) is 16.6 Å². The molecule has 4 heteroatoms. The van der Waals surface area contributed by atoms with Crippen LogP contribution in [0.1, 0.15) is 15.9 Å². The highest BCUT2D eigenvalue weighted by atomic mass is 16.4. The number of nitrogens with one attached hydrogen (secondary N) is 2. The van der Waals surface area contributed by atoms with E-state index in [1.54, 1.807) is 12.3 Å². The fourth-order valence-electron chi connectivity index (χ4n) is 2.16. The first-order valence-electron chi connectivity index (χ1n) is 5.65. The van der Waals surface area contributed by atoms with E-state index < -0.39 is 5.97 Å². The minimum Gasteiger partial charge on any atom is -0.478 e. The summed E-state index contributed by atoms with van der Waals surface area (Å²) >= 11 is 0. The van der Waals surface area contributed by atoms with Gasteiger partial charge in [-0.1, -0.05) is 11.6 Å². The van der Waals surface area contributed by atoms with Gasteiger partial charge in [0.05, 0.1) is 17.0 Å². The van der Waals surface area contributed by atoms with Crippen LogP contribution in [0.4, 0.5) is 0 Å². The summed E-state index contributed by atoms with van der Waals surface area (Å²) in [5.74, 6) is -0.930. The number of H-pyrrole nitrogens is 2. The average molecular weight is 240 g/mol. The summed E-state index contributed by atoms with van der Waals surface area (Å²) in [6.07, 6.45) is 1.63. The molecule has 2 aromatic heterocycles. The van der Waals surface area contributed by atoms with Crippen LogP contribution in [0.3, 0.4) is 0 Å². The molecule has 0 unspecified atom stereocenters. The predicted octanol–water partition coefficient (Wildman–Crippen LogP) is 3.17. The molecule has 1 aromatic carbocycles. The molecule has 0 saturated carbocycles. The molecule has 3 rings (SSSR count). The number of aromatic nitrogens is 2. The van der Waals surface area contributed by atoms with Crippen molar-refractivity contribution in [3.63, 3.8) is 0 Å². The number of aryl methyl sites for hydroxylation is 1. The monoisotopic (exact) mass is 240 g/mol. The minimum absolute atomic E-state index is 0.276. The summed E-state index contributed by atoms with van der Waals surface area (Å²) in [5, 5.41) is 10.2. The molecule has 2 heterocycles. The van der Waals surface area contributed by atoms with Crippen LogP contribution in [0.2, 0.25) is 0 Å². The van der Waals surface area contributed by atoms with Gasteiger partial charge in [-0.3, -0.25) is 0 Å². The Labute approximate surface area is 103 Å². The topological polar surface area (TPSA) is 68.9 Å². The van der Waals surface area contributed by atoms with Crippen molar-refractivity contribution in [2.24, 2.45) is 0 Å². The maximum atomic E-state index is 11.1. The Bertz CT molecular complexity index is 737. The summed E-state index contributed by atoms with van der Waals surface area (Å²) in [6.45, 7) is 2.03. The van der Waals surface area contributed by atoms with Crippen molar-refractivity contribution in [1.82, 2.24) is 9.97 Å². The van der Waals surface area contributed by atoms with Crippen LogP contribution in [0.5, 0.6) is 0 Å². The van der Waals surface area contributed by atoms with Gasteiger partial charge in [0, 0.05) is 17.1 Å². The molecule has 3 aromatic rings. The SMILES string of the molecule is Cc1ccc2[nH]c(-c3[nH]ccc3C(=O)O)cc2c1. The van der Waals surface area contributed by atoms with Crippen LogP contribution in [0.25, 0.3) is 22.3 Å². The maximum Gasteiger partial charge on any atom is 0.337 e. The zero-order chi connectivity index (χ0) is 12.7. The minimum atomic E-state index is -0.930. The molecule has 4 nitrogen and oxygen atoms in total. The number of hydrogen-bond donors (Lipinski definition) is 3. The van der Waals surface area contributed by atoms with Crippen LogP contribution < -0.4 is 0 Å². The van der Waals surface area contributed by atoms with E-state index in [1.807, 2.05) is 25.1 Å². The zero-order valence-electron chi connectivity index (χ0n) is 9.82. The number of hydrogen-bond acceptors (Lipinski definition) is 1. The van der Waals surface area contributed by atoms with Crippen molar-refractivity contribution in [2.45, 2.75) is 6.92 Å². The van der Waals surface area contributed by atoms with Crippen molar-refractivity contribution in [2.75, 3.05) is 0 Å². The molecule has 0 aliphatic carbocycles. The van der Waals surface area contributed by atoms with E-state index in [1.165, 1.54) is 5.56 Å². The largest absolute Gasteiger partial charge is 0.478 e. The van der Waals surface area contributed by atoms with Crippen molar-refractivity contribution >= 4 is 16.9 Å². The van der Waals surface area contributed by atoms with Gasteiger partial charge in [-0.2, -0.15) is 0 Å². The van der Waals surface area contributed by atoms with Crippen LogP contribution in [-0.2, 0) is 0 Å². The second kappa shape index (κ2) is 3.77. The van der Waals surface area contributed by atoms with E-state index in [0.29, 0.717) is 5.69 Å². The fourth-order valence-corrected chi connectivity index (χ4v) is 2.16. The molecule has 0 atom stereocenters. The first-order valence-corrected chi connectivity index (χ1v) is 5.65. The van der Waals surface area contributed by atoms with E-state index >= 15 is 0 Å². The molecule has 0 saturated heterocycles. The number of carbonyl (C=O) groups is 1. The molecule has 0 aliphatic heterocycles. The Morgan fingerprint density at radius 2 is 2.06 bits per heavy atom. The second-order valence-corrected chi connectivity index (χ2v) is 4.35. The smallest absolute Gasteiger partial charge is 0.337 e. The first-order chi connectivity index (χ1) is 8.65. The number of carboxylic acid groups (broad SMARTS) is 1. The van der Waals surface area contributed by atoms with Gasteiger partial charge < -0.3 is 15.1 Å². The van der Waals surface area contributed by atoms with E-state index in [-0.39, 0.29) is 5.56 Å². The molecule has 0 fully saturated rings. The Hall–Kier alpha value is -2.49. The second-order valence-electron chi connectivity index (χ2n) is 4.35. The predicted molar refractivity (Wildman–Crippen MR) is 69.8 cm³/mol. The lowest BCUT2D eigenvalue weighted by Crippen LogP contribution is -1.96. The molecular formula is C14H12N2O2. The lowest BCUT2D eigenvalue weighted by molar-refractivity contribution is 0.0698. The van der Waals surface area contributed by atoms with Gasteiger partial charge in [0.25, 0.3) is 0 Å². The number of aromatic amines is 2. The lowest BCUT2D eigenvalue weighted by atomic mass is 10.1. The molecule has 90 valence electrons. The van der Waals surface area contributed by atoms with Crippen molar-refractivity contribution < 1.29 is 9.90 Å². The maximum absolute atomic E-state index is 11.1. The highest BCUT2D eigenvalue weighted by molar-refractivity contribution is 5.96. The highest BCUT2D eigenvalue weighted by Gasteiger charge is 2.14. The Balaban J connectivity index is 2.19. The Kier molecular flexibility index (Phi) is 2.23. The number of fused-ring (bicyclic) bond motifs is 1. The van der Waals surface area contributed by atoms with Gasteiger partial charge in [-0.15, -0.1) is 0 Å². The van der Waals surface area contributed by atoms with Gasteiger partial charge in [0.2, 0.25) is 0 Å². The summed E-state index contributed by atoms with van der Waals surface area (Å²) < 4.78 is 0. The summed E-state index contributed by atoms with van der Waals surface area (Å²) in [7, 11) is 0. The molecule has 0 bridgehead atoms. The third-order valence-electron chi connectivity index (χ3n) is 3.02. The van der Waals surface area contributed by atoms with Crippen molar-refractivity contribution in [3.05, 3.63) is 47.7 Å². The molecule has 0 radical (unpaired) electrons. The summed E-state index contributed by atoms with van der Waals surface area (Å²) in [6, 6.07) is 9.61. The lowest BCUT2D eigenvalue weighted by Gasteiger charge is -1.96. The molecular weight excluding hydrogens is 228 g/mol. The fraction of sp³-hybridized carbons (Fsp3) is 0.0714. The van der Waals surface area contributed by atoms with Gasteiger partial charge in [0.15, 0.2) is 0 Å². The molecule has 0 aliphatic rings. The number of benzene rings is 1. The van der Waals surface area contributed by atoms with Crippen LogP contribution in [0.15, 0.2) is 36.5 Å². The van der Waals surface area contributed by atoms with Crippen LogP contribution >= 0.6 is 0 Å². The quantitative estimate of drug-likeness (QED) is 0.644. The Morgan fingerprint density at radius 3 is 2.83 bits per heavy atom. The summed E-state index contributed by atoms with van der Waals surface area (Å²) in [4.78, 5) is 17.3.